The average molecular weight is 372 g/mol. The van der Waals surface area contributed by atoms with Crippen molar-refractivity contribution >= 4 is 23.1 Å². The van der Waals surface area contributed by atoms with Crippen molar-refractivity contribution in [2.75, 3.05) is 31.6 Å². The molecule has 0 aliphatic carbocycles. The van der Waals surface area contributed by atoms with E-state index in [2.05, 4.69) is 27.8 Å². The summed E-state index contributed by atoms with van der Waals surface area (Å²) in [5.41, 5.74) is 4.61. The predicted molar refractivity (Wildman–Crippen MR) is 102 cm³/mol. The van der Waals surface area contributed by atoms with Gasteiger partial charge in [0, 0.05) is 44.0 Å². The van der Waals surface area contributed by atoms with E-state index in [0.717, 1.165) is 62.0 Å². The molecule has 4 heterocycles. The zero-order valence-electron chi connectivity index (χ0n) is 14.6. The number of pyridine rings is 1. The molecule has 26 heavy (non-hydrogen) atoms. The monoisotopic (exact) mass is 371 g/mol. The summed E-state index contributed by atoms with van der Waals surface area (Å²) in [6.07, 6.45) is 3.98. The summed E-state index contributed by atoms with van der Waals surface area (Å²) in [6, 6.07) is 6.32. The summed E-state index contributed by atoms with van der Waals surface area (Å²) >= 11 is 6.55. The van der Waals surface area contributed by atoms with Gasteiger partial charge in [-0.3, -0.25) is 0 Å². The van der Waals surface area contributed by atoms with Crippen LogP contribution in [0.2, 0.25) is 5.02 Å². The van der Waals surface area contributed by atoms with E-state index in [1.807, 2.05) is 12.3 Å². The highest BCUT2D eigenvalue weighted by molar-refractivity contribution is 6.32. The maximum absolute atomic E-state index is 6.55. The minimum absolute atomic E-state index is 0.486. The molecular weight excluding hydrogens is 350 g/mol. The second-order valence-electron chi connectivity index (χ2n) is 7.26. The normalized spacial score (nSPS) is 20.2. The maximum Gasteiger partial charge on any atom is 0.161 e. The van der Waals surface area contributed by atoms with Crippen LogP contribution in [0.25, 0.3) is 0 Å². The van der Waals surface area contributed by atoms with E-state index in [0.29, 0.717) is 23.5 Å². The van der Waals surface area contributed by atoms with Gasteiger partial charge in [-0.1, -0.05) is 11.6 Å². The van der Waals surface area contributed by atoms with Crippen LogP contribution in [0, 0.1) is 0 Å². The summed E-state index contributed by atoms with van der Waals surface area (Å²) in [6.45, 7) is 4.12. The maximum atomic E-state index is 6.55. The lowest BCUT2D eigenvalue weighted by molar-refractivity contribution is 0.0849. The van der Waals surface area contributed by atoms with Gasteiger partial charge in [-0.05, 0) is 48.1 Å². The van der Waals surface area contributed by atoms with Gasteiger partial charge in [-0.2, -0.15) is 0 Å². The molecule has 3 aliphatic heterocycles. The number of ether oxygens (including phenoxy) is 2. The summed E-state index contributed by atoms with van der Waals surface area (Å²) in [4.78, 5) is 4.59. The van der Waals surface area contributed by atoms with Crippen LogP contribution in [-0.4, -0.2) is 31.3 Å². The topological polar surface area (TPSA) is 55.4 Å². The number of nitrogens with zero attached hydrogens (tertiary/aromatic N) is 1. The Kier molecular flexibility index (Phi) is 4.23. The predicted octanol–water partition coefficient (Wildman–Crippen LogP) is 3.95. The lowest BCUT2D eigenvalue weighted by atomic mass is 9.89. The Morgan fingerprint density at radius 3 is 2.73 bits per heavy atom. The number of nitrogens with one attached hydrogen (secondary N) is 2. The summed E-state index contributed by atoms with van der Waals surface area (Å²) in [5, 5.41) is 7.47. The molecule has 0 atom stereocenters. The van der Waals surface area contributed by atoms with Gasteiger partial charge in [-0.15, -0.1) is 0 Å². The van der Waals surface area contributed by atoms with Crippen molar-refractivity contribution in [2.45, 2.75) is 31.3 Å². The molecule has 6 heteroatoms. The van der Waals surface area contributed by atoms with Crippen molar-refractivity contribution in [3.8, 4) is 5.75 Å². The van der Waals surface area contributed by atoms with Crippen molar-refractivity contribution in [3.63, 3.8) is 0 Å². The first-order valence-corrected chi connectivity index (χ1v) is 9.67. The second kappa shape index (κ2) is 6.72. The van der Waals surface area contributed by atoms with E-state index >= 15 is 0 Å². The number of hydrogen-bond acceptors (Lipinski definition) is 5. The van der Waals surface area contributed by atoms with E-state index in [1.54, 1.807) is 0 Å². The van der Waals surface area contributed by atoms with Gasteiger partial charge in [0.1, 0.15) is 12.4 Å². The average Bonchev–Trinajstić information content (AvgIpc) is 2.80. The number of aromatic nitrogens is 1. The van der Waals surface area contributed by atoms with E-state index in [4.69, 9.17) is 21.1 Å². The third-order valence-corrected chi connectivity index (χ3v) is 5.97. The van der Waals surface area contributed by atoms with Gasteiger partial charge in [0.05, 0.1) is 10.7 Å². The van der Waals surface area contributed by atoms with Crippen molar-refractivity contribution in [1.82, 2.24) is 10.3 Å². The summed E-state index contributed by atoms with van der Waals surface area (Å²) in [5.74, 6) is 2.62. The third kappa shape index (κ3) is 2.84. The van der Waals surface area contributed by atoms with Crippen LogP contribution in [0.15, 0.2) is 24.4 Å². The Hall–Kier alpha value is -1.82. The van der Waals surface area contributed by atoms with Gasteiger partial charge in [0.25, 0.3) is 0 Å². The van der Waals surface area contributed by atoms with Gasteiger partial charge in [0.2, 0.25) is 0 Å². The first-order valence-electron chi connectivity index (χ1n) is 9.29. The molecule has 5 rings (SSSR count). The molecule has 136 valence electrons. The largest absolute Gasteiger partial charge is 0.485 e. The van der Waals surface area contributed by atoms with Crippen molar-refractivity contribution < 1.29 is 9.47 Å². The highest BCUT2D eigenvalue weighted by atomic mass is 35.5. The summed E-state index contributed by atoms with van der Waals surface area (Å²) < 4.78 is 11.7. The molecule has 2 aromatic rings. The SMILES string of the molecule is Clc1cc(C2CNC2)cc2c1OCc1c(C3CCOCC3)ccnc1N2. The third-order valence-electron chi connectivity index (χ3n) is 5.69. The number of hydrogen-bond donors (Lipinski definition) is 2. The van der Waals surface area contributed by atoms with Crippen molar-refractivity contribution in [3.05, 3.63) is 46.1 Å². The molecule has 2 N–H and O–H groups in total. The van der Waals surface area contributed by atoms with Gasteiger partial charge in [-0.25, -0.2) is 4.98 Å². The second-order valence-corrected chi connectivity index (χ2v) is 7.67. The van der Waals surface area contributed by atoms with Crippen LogP contribution in [0.4, 0.5) is 11.5 Å². The molecule has 0 unspecified atom stereocenters. The van der Waals surface area contributed by atoms with E-state index in [9.17, 15) is 0 Å². The van der Waals surface area contributed by atoms with Gasteiger partial charge in [0.15, 0.2) is 5.75 Å². The lowest BCUT2D eigenvalue weighted by Crippen LogP contribution is -2.39. The van der Waals surface area contributed by atoms with E-state index in [-0.39, 0.29) is 0 Å². The molecule has 0 spiro atoms. The van der Waals surface area contributed by atoms with Crippen LogP contribution in [0.1, 0.15) is 41.4 Å². The smallest absolute Gasteiger partial charge is 0.161 e. The zero-order valence-corrected chi connectivity index (χ0v) is 15.3. The molecule has 1 aromatic heterocycles. The Bertz CT molecular complexity index is 832. The van der Waals surface area contributed by atoms with Gasteiger partial charge >= 0.3 is 0 Å². The molecule has 2 saturated heterocycles. The van der Waals surface area contributed by atoms with Gasteiger partial charge < -0.3 is 20.1 Å². The highest BCUT2D eigenvalue weighted by Gasteiger charge is 2.27. The van der Waals surface area contributed by atoms with Crippen LogP contribution >= 0.6 is 11.6 Å². The fourth-order valence-electron chi connectivity index (χ4n) is 4.04. The first-order chi connectivity index (χ1) is 12.8. The Labute approximate surface area is 158 Å². The van der Waals surface area contributed by atoms with Crippen LogP contribution in [-0.2, 0) is 11.3 Å². The molecule has 0 bridgehead atoms. The van der Waals surface area contributed by atoms with Crippen molar-refractivity contribution in [1.29, 1.82) is 0 Å². The minimum Gasteiger partial charge on any atom is -0.485 e. The number of anilines is 2. The van der Waals surface area contributed by atoms with Crippen LogP contribution in [0.3, 0.4) is 0 Å². The number of fused-ring (bicyclic) bond motifs is 2. The molecule has 5 nitrogen and oxygen atoms in total. The zero-order chi connectivity index (χ0) is 17.5. The fraction of sp³-hybridized carbons (Fsp3) is 0.450. The highest BCUT2D eigenvalue weighted by Crippen LogP contribution is 2.43. The van der Waals surface area contributed by atoms with Crippen LogP contribution < -0.4 is 15.4 Å². The molecule has 0 radical (unpaired) electrons. The minimum atomic E-state index is 0.486. The molecule has 1 aromatic carbocycles. The van der Waals surface area contributed by atoms with Crippen molar-refractivity contribution in [2.24, 2.45) is 0 Å². The lowest BCUT2D eigenvalue weighted by Gasteiger charge is -2.28. The number of halogens is 1. The molecule has 0 saturated carbocycles. The fourth-order valence-corrected chi connectivity index (χ4v) is 4.33. The Balaban J connectivity index is 1.52. The number of rotatable bonds is 2. The molecule has 2 fully saturated rings. The Morgan fingerprint density at radius 2 is 1.96 bits per heavy atom. The molecular formula is C20H22ClN3O2. The molecule has 0 amide bonds. The summed E-state index contributed by atoms with van der Waals surface area (Å²) in [7, 11) is 0. The van der Waals surface area contributed by atoms with Crippen LogP contribution in [0.5, 0.6) is 5.75 Å². The van der Waals surface area contributed by atoms with E-state index < -0.39 is 0 Å². The quantitative estimate of drug-likeness (QED) is 0.837. The molecule has 3 aliphatic rings. The first kappa shape index (κ1) is 16.4. The number of benzene rings is 1. The van der Waals surface area contributed by atoms with E-state index in [1.165, 1.54) is 11.1 Å². The Morgan fingerprint density at radius 1 is 1.12 bits per heavy atom. The standard InChI is InChI=1S/C20H22ClN3O2/c21-17-7-13(14-9-22-10-14)8-18-19(17)26-11-16-15(1-4-23-20(16)24-18)12-2-5-25-6-3-12/h1,4,7-8,12,14,22H,2-3,5-6,9-11H2,(H,23,24).